The molecule has 1 unspecified atom stereocenters. The van der Waals surface area contributed by atoms with Crippen LogP contribution in [0.15, 0.2) is 104 Å². The van der Waals surface area contributed by atoms with Crippen molar-refractivity contribution >= 4 is 27.6 Å². The first-order chi connectivity index (χ1) is 20.1. The van der Waals surface area contributed by atoms with Crippen LogP contribution >= 0.6 is 0 Å². The maximum atomic E-state index is 13.5. The molecule has 9 heteroatoms. The fraction of sp³-hybridized carbons (Fsp3) is 0.0625. The minimum atomic E-state index is -0.750. The predicted molar refractivity (Wildman–Crippen MR) is 157 cm³/mol. The molecule has 200 valence electrons. The van der Waals surface area contributed by atoms with Gasteiger partial charge in [0, 0.05) is 35.3 Å². The van der Waals surface area contributed by atoms with E-state index < -0.39 is 6.23 Å². The lowest BCUT2D eigenvalue weighted by atomic mass is 10.0. The Kier molecular flexibility index (Phi) is 6.18. The average Bonchev–Trinajstić information content (AvgIpc) is 3.62. The van der Waals surface area contributed by atoms with E-state index in [1.165, 1.54) is 12.1 Å². The molecule has 41 heavy (non-hydrogen) atoms. The lowest BCUT2D eigenvalue weighted by Crippen LogP contribution is -2.21. The fourth-order valence-corrected chi connectivity index (χ4v) is 5.02. The minimum absolute atomic E-state index is 0.296. The molecule has 0 saturated heterocycles. The highest BCUT2D eigenvalue weighted by Gasteiger charge is 2.16. The topological polar surface area (TPSA) is 115 Å². The molecule has 0 aliphatic carbocycles. The Morgan fingerprint density at radius 2 is 1.61 bits per heavy atom. The first kappa shape index (κ1) is 24.6. The number of hydrogen-bond donors (Lipinski definition) is 4. The van der Waals surface area contributed by atoms with Crippen molar-refractivity contribution in [3.8, 4) is 33.8 Å². The highest BCUT2D eigenvalue weighted by Crippen LogP contribution is 2.33. The number of aromatic amines is 2. The Morgan fingerprint density at radius 1 is 0.805 bits per heavy atom. The number of hydrogen-bond acceptors (Lipinski definition) is 6. The van der Waals surface area contributed by atoms with Crippen molar-refractivity contribution in [1.29, 1.82) is 0 Å². The Labute approximate surface area is 234 Å². The van der Waals surface area contributed by atoms with Gasteiger partial charge in [0.25, 0.3) is 0 Å². The van der Waals surface area contributed by atoms with Crippen LogP contribution in [-0.4, -0.2) is 41.5 Å². The lowest BCUT2D eigenvalue weighted by molar-refractivity contribution is 0.204. The smallest absolute Gasteiger partial charge is 0.159 e. The third-order valence-electron chi connectivity index (χ3n) is 7.01. The van der Waals surface area contributed by atoms with Crippen molar-refractivity contribution in [2.45, 2.75) is 12.6 Å². The molecule has 0 fully saturated rings. The van der Waals surface area contributed by atoms with Crippen molar-refractivity contribution < 1.29 is 9.50 Å². The largest absolute Gasteiger partial charge is 0.373 e. The van der Waals surface area contributed by atoms with Crippen LogP contribution in [0.1, 0.15) is 5.56 Å². The van der Waals surface area contributed by atoms with E-state index in [0.717, 1.165) is 55.4 Å². The summed E-state index contributed by atoms with van der Waals surface area (Å²) in [5.74, 6) is 0.299. The second-order valence-corrected chi connectivity index (χ2v) is 9.82. The van der Waals surface area contributed by atoms with Crippen LogP contribution in [0.25, 0.3) is 55.7 Å². The molecule has 3 aromatic carbocycles. The molecule has 7 aromatic rings. The minimum Gasteiger partial charge on any atom is -0.373 e. The van der Waals surface area contributed by atoms with Crippen LogP contribution in [0, 0.1) is 5.82 Å². The maximum absolute atomic E-state index is 13.5. The Balaban J connectivity index is 1.20. The molecule has 7 rings (SSSR count). The van der Waals surface area contributed by atoms with Gasteiger partial charge in [0.15, 0.2) is 5.82 Å². The number of benzene rings is 3. The molecule has 0 aliphatic heterocycles. The van der Waals surface area contributed by atoms with Gasteiger partial charge >= 0.3 is 0 Å². The van der Waals surface area contributed by atoms with Gasteiger partial charge in [0.2, 0.25) is 0 Å². The number of nitrogens with zero attached hydrogens (tertiary/aromatic N) is 4. The van der Waals surface area contributed by atoms with Crippen molar-refractivity contribution in [3.63, 3.8) is 0 Å². The van der Waals surface area contributed by atoms with Crippen LogP contribution < -0.4 is 5.32 Å². The molecule has 4 N–H and O–H groups in total. The maximum Gasteiger partial charge on any atom is 0.159 e. The zero-order chi connectivity index (χ0) is 27.8. The molecule has 4 aromatic heterocycles. The quantitative estimate of drug-likeness (QED) is 0.175. The zero-order valence-corrected chi connectivity index (χ0v) is 21.7. The van der Waals surface area contributed by atoms with E-state index in [0.29, 0.717) is 17.9 Å². The third-order valence-corrected chi connectivity index (χ3v) is 7.01. The van der Waals surface area contributed by atoms with Crippen molar-refractivity contribution in [2.24, 2.45) is 0 Å². The van der Waals surface area contributed by atoms with Gasteiger partial charge in [0.1, 0.15) is 17.7 Å². The zero-order valence-electron chi connectivity index (χ0n) is 21.7. The van der Waals surface area contributed by atoms with E-state index >= 15 is 0 Å². The van der Waals surface area contributed by atoms with Crippen molar-refractivity contribution in [1.82, 2.24) is 30.1 Å². The van der Waals surface area contributed by atoms with Crippen LogP contribution in [0.2, 0.25) is 0 Å². The summed E-state index contributed by atoms with van der Waals surface area (Å²) in [6.45, 7) is 0. The molecule has 4 heterocycles. The summed E-state index contributed by atoms with van der Waals surface area (Å²) < 4.78 is 13.5. The van der Waals surface area contributed by atoms with Gasteiger partial charge < -0.3 is 15.4 Å². The van der Waals surface area contributed by atoms with Gasteiger partial charge in [-0.1, -0.05) is 48.5 Å². The number of aromatic nitrogens is 6. The second-order valence-electron chi connectivity index (χ2n) is 9.82. The van der Waals surface area contributed by atoms with E-state index in [2.05, 4.69) is 30.5 Å². The summed E-state index contributed by atoms with van der Waals surface area (Å²) in [6.07, 6.45) is 6.66. The average molecular weight is 542 g/mol. The van der Waals surface area contributed by atoms with Crippen LogP contribution in [0.4, 0.5) is 10.1 Å². The first-order valence-electron chi connectivity index (χ1n) is 13.1. The number of imidazole rings is 1. The number of halogens is 1. The van der Waals surface area contributed by atoms with Gasteiger partial charge in [-0.3, -0.25) is 15.1 Å². The van der Waals surface area contributed by atoms with E-state index in [9.17, 15) is 9.50 Å². The van der Waals surface area contributed by atoms with E-state index in [1.54, 1.807) is 36.9 Å². The molecule has 0 amide bonds. The molecule has 0 radical (unpaired) electrons. The van der Waals surface area contributed by atoms with Gasteiger partial charge in [-0.25, -0.2) is 9.37 Å². The number of aliphatic hydroxyl groups is 1. The number of nitrogens with one attached hydrogen (secondary N) is 3. The number of pyridine rings is 2. The standard InChI is InChI=1S/C32H24FN7O/c33-23-9-6-20(7-10-23)26-17-35-18-28-30(26)38-32(37-28)31-25-14-21(8-11-27(25)39-40-31)22-13-24(16-34-15-22)36-29(41)12-19-4-2-1-3-5-19/h1-11,13-18,29,36,41H,12H2,(H,37,38)(H,39,40). The third kappa shape index (κ3) is 4.90. The number of rotatable bonds is 7. The van der Waals surface area contributed by atoms with Crippen molar-refractivity contribution in [2.75, 3.05) is 5.32 Å². The number of H-pyrrole nitrogens is 2. The van der Waals surface area contributed by atoms with Crippen molar-refractivity contribution in [3.05, 3.63) is 115 Å². The van der Waals surface area contributed by atoms with Crippen LogP contribution in [0.5, 0.6) is 0 Å². The Bertz CT molecular complexity index is 1980. The predicted octanol–water partition coefficient (Wildman–Crippen LogP) is 6.34. The number of fused-ring (bicyclic) bond motifs is 2. The molecule has 0 saturated carbocycles. The van der Waals surface area contributed by atoms with Gasteiger partial charge in [-0.15, -0.1) is 0 Å². The van der Waals surface area contributed by atoms with Crippen LogP contribution in [-0.2, 0) is 6.42 Å². The van der Waals surface area contributed by atoms with Crippen LogP contribution in [0.3, 0.4) is 0 Å². The van der Waals surface area contributed by atoms with E-state index in [4.69, 9.17) is 4.98 Å². The highest BCUT2D eigenvalue weighted by atomic mass is 19.1. The molecule has 1 atom stereocenters. The summed E-state index contributed by atoms with van der Waals surface area (Å²) in [6, 6.07) is 24.1. The fourth-order valence-electron chi connectivity index (χ4n) is 5.02. The Morgan fingerprint density at radius 3 is 2.46 bits per heavy atom. The molecule has 0 aliphatic rings. The number of aliphatic hydroxyl groups excluding tert-OH is 1. The summed E-state index contributed by atoms with van der Waals surface area (Å²) in [4.78, 5) is 17.0. The molecule has 0 spiro atoms. The monoisotopic (exact) mass is 541 g/mol. The first-order valence-corrected chi connectivity index (χ1v) is 13.1. The lowest BCUT2D eigenvalue weighted by Gasteiger charge is -2.15. The SMILES string of the molecule is OC(Cc1ccccc1)Nc1cncc(-c2ccc3[nH]nc(-c4nc5c(-c6ccc(F)cc6)cncc5[nH]4)c3c2)c1. The second kappa shape index (κ2) is 10.3. The van der Waals surface area contributed by atoms with Gasteiger partial charge in [-0.2, -0.15) is 5.10 Å². The Hall–Kier alpha value is -5.41. The summed E-state index contributed by atoms with van der Waals surface area (Å²) in [5.41, 5.74) is 8.24. The highest BCUT2D eigenvalue weighted by molar-refractivity contribution is 5.98. The van der Waals surface area contributed by atoms with E-state index in [1.807, 2.05) is 54.6 Å². The molecule has 0 bridgehead atoms. The van der Waals surface area contributed by atoms with Gasteiger partial charge in [-0.05, 0) is 47.0 Å². The molecular formula is C32H24FN7O. The summed E-state index contributed by atoms with van der Waals surface area (Å²) in [5, 5.41) is 22.3. The molecule has 8 nitrogen and oxygen atoms in total. The summed E-state index contributed by atoms with van der Waals surface area (Å²) >= 11 is 0. The summed E-state index contributed by atoms with van der Waals surface area (Å²) in [7, 11) is 0. The molecular weight excluding hydrogens is 517 g/mol. The van der Waals surface area contributed by atoms with E-state index in [-0.39, 0.29) is 5.82 Å². The number of anilines is 1. The normalized spacial score (nSPS) is 12.1. The van der Waals surface area contributed by atoms with Gasteiger partial charge in [0.05, 0.1) is 34.6 Å².